The van der Waals surface area contributed by atoms with E-state index in [1.54, 1.807) is 22.5 Å². The van der Waals surface area contributed by atoms with E-state index in [0.29, 0.717) is 30.0 Å². The van der Waals surface area contributed by atoms with Crippen molar-refractivity contribution in [3.8, 4) is 0 Å². The molecule has 2 N–H and O–H groups in total. The van der Waals surface area contributed by atoms with Gasteiger partial charge in [-0.25, -0.2) is 8.42 Å². The second-order valence-corrected chi connectivity index (χ2v) is 7.92. The van der Waals surface area contributed by atoms with E-state index in [-0.39, 0.29) is 10.9 Å². The van der Waals surface area contributed by atoms with Gasteiger partial charge in [0, 0.05) is 19.1 Å². The first kappa shape index (κ1) is 14.8. The highest BCUT2D eigenvalue weighted by Crippen LogP contribution is 2.28. The summed E-state index contributed by atoms with van der Waals surface area (Å²) in [4.78, 5) is 0.257. The maximum atomic E-state index is 12.8. The predicted molar refractivity (Wildman–Crippen MR) is 82.5 cm³/mol. The number of rotatable bonds is 3. The Bertz CT molecular complexity index is 733. The summed E-state index contributed by atoms with van der Waals surface area (Å²) >= 11 is 1.03. The number of sulfonamides is 1. The van der Waals surface area contributed by atoms with Crippen molar-refractivity contribution in [2.24, 2.45) is 11.7 Å². The van der Waals surface area contributed by atoms with Crippen molar-refractivity contribution in [1.82, 2.24) is 13.1 Å². The van der Waals surface area contributed by atoms with Gasteiger partial charge in [0.25, 0.3) is 0 Å². The van der Waals surface area contributed by atoms with Crippen molar-refractivity contribution < 1.29 is 8.42 Å². The van der Waals surface area contributed by atoms with Crippen LogP contribution in [0.25, 0.3) is 11.0 Å². The molecular formula is C13H18N4O2S2. The van der Waals surface area contributed by atoms with E-state index in [2.05, 4.69) is 8.75 Å². The Labute approximate surface area is 128 Å². The number of hydrogen-bond donors (Lipinski definition) is 1. The molecule has 1 saturated heterocycles. The van der Waals surface area contributed by atoms with Crippen LogP contribution in [0.15, 0.2) is 23.1 Å². The number of benzene rings is 1. The zero-order valence-electron chi connectivity index (χ0n) is 11.8. The highest BCUT2D eigenvalue weighted by molar-refractivity contribution is 7.89. The standard InChI is InChI=1S/C13H18N4O2S2/c1-9(14)10-5-7-17(8-6-10)21(18,19)12-4-2-3-11-13(12)16-20-15-11/h2-4,9-10H,5-8,14H2,1H3. The summed E-state index contributed by atoms with van der Waals surface area (Å²) < 4.78 is 35.4. The van der Waals surface area contributed by atoms with E-state index in [1.165, 1.54) is 0 Å². The van der Waals surface area contributed by atoms with Crippen molar-refractivity contribution in [1.29, 1.82) is 0 Å². The number of fused-ring (bicyclic) bond motifs is 1. The monoisotopic (exact) mass is 326 g/mol. The quantitative estimate of drug-likeness (QED) is 0.922. The molecule has 1 fully saturated rings. The van der Waals surface area contributed by atoms with Crippen LogP contribution in [-0.2, 0) is 10.0 Å². The van der Waals surface area contributed by atoms with Gasteiger partial charge in [0.15, 0.2) is 0 Å². The van der Waals surface area contributed by atoms with Crippen LogP contribution < -0.4 is 5.73 Å². The van der Waals surface area contributed by atoms with Gasteiger partial charge in [-0.3, -0.25) is 0 Å². The Morgan fingerprint density at radius 1 is 1.33 bits per heavy atom. The lowest BCUT2D eigenvalue weighted by atomic mass is 9.92. The van der Waals surface area contributed by atoms with Crippen molar-refractivity contribution in [3.05, 3.63) is 18.2 Å². The van der Waals surface area contributed by atoms with Crippen LogP contribution in [0, 0.1) is 5.92 Å². The van der Waals surface area contributed by atoms with Crippen LogP contribution in [0.5, 0.6) is 0 Å². The van der Waals surface area contributed by atoms with Gasteiger partial charge < -0.3 is 5.73 Å². The molecule has 114 valence electrons. The lowest BCUT2D eigenvalue weighted by Crippen LogP contribution is -2.42. The van der Waals surface area contributed by atoms with Gasteiger partial charge in [-0.1, -0.05) is 6.07 Å². The second-order valence-electron chi connectivity index (χ2n) is 5.49. The van der Waals surface area contributed by atoms with Crippen LogP contribution in [0.4, 0.5) is 0 Å². The molecule has 0 amide bonds. The maximum Gasteiger partial charge on any atom is 0.245 e. The summed E-state index contributed by atoms with van der Waals surface area (Å²) in [7, 11) is -3.51. The highest BCUT2D eigenvalue weighted by atomic mass is 32.2. The number of nitrogens with zero attached hydrogens (tertiary/aromatic N) is 3. The first-order valence-corrected chi connectivity index (χ1v) is 9.14. The number of nitrogens with two attached hydrogens (primary N) is 1. The lowest BCUT2D eigenvalue weighted by molar-refractivity contribution is 0.251. The molecule has 0 radical (unpaired) electrons. The van der Waals surface area contributed by atoms with E-state index >= 15 is 0 Å². The zero-order chi connectivity index (χ0) is 15.0. The van der Waals surface area contributed by atoms with Gasteiger partial charge in [-0.2, -0.15) is 13.1 Å². The Morgan fingerprint density at radius 3 is 2.71 bits per heavy atom. The summed E-state index contributed by atoms with van der Waals surface area (Å²) in [6, 6.07) is 5.21. The SMILES string of the molecule is CC(N)C1CCN(S(=O)(=O)c2cccc3nsnc23)CC1. The molecule has 1 aliphatic rings. The zero-order valence-corrected chi connectivity index (χ0v) is 13.4. The molecule has 1 atom stereocenters. The third kappa shape index (κ3) is 2.68. The largest absolute Gasteiger partial charge is 0.328 e. The molecule has 1 aromatic heterocycles. The molecule has 0 bridgehead atoms. The molecule has 0 saturated carbocycles. The van der Waals surface area contributed by atoms with Crippen molar-refractivity contribution >= 4 is 32.8 Å². The van der Waals surface area contributed by atoms with Gasteiger partial charge in [0.2, 0.25) is 10.0 Å². The summed E-state index contributed by atoms with van der Waals surface area (Å²) in [6.45, 7) is 3.02. The number of hydrogen-bond acceptors (Lipinski definition) is 6. The van der Waals surface area contributed by atoms with Crippen LogP contribution in [0.2, 0.25) is 0 Å². The van der Waals surface area contributed by atoms with Crippen molar-refractivity contribution in [2.75, 3.05) is 13.1 Å². The van der Waals surface area contributed by atoms with E-state index in [1.807, 2.05) is 6.92 Å². The van der Waals surface area contributed by atoms with Gasteiger partial charge >= 0.3 is 0 Å². The predicted octanol–water partition coefficient (Wildman–Crippen LogP) is 1.44. The van der Waals surface area contributed by atoms with Gasteiger partial charge in [0.1, 0.15) is 15.9 Å². The fourth-order valence-electron chi connectivity index (χ4n) is 2.77. The van der Waals surface area contributed by atoms with Crippen LogP contribution in [0.1, 0.15) is 19.8 Å². The average molecular weight is 326 g/mol. The molecule has 8 heteroatoms. The Hall–Kier alpha value is -1.09. The van der Waals surface area contributed by atoms with Gasteiger partial charge in [-0.05, 0) is 37.8 Å². The van der Waals surface area contributed by atoms with E-state index in [0.717, 1.165) is 24.6 Å². The molecule has 1 unspecified atom stereocenters. The first-order chi connectivity index (χ1) is 10.00. The van der Waals surface area contributed by atoms with Crippen LogP contribution >= 0.6 is 11.7 Å². The maximum absolute atomic E-state index is 12.8. The van der Waals surface area contributed by atoms with E-state index in [4.69, 9.17) is 5.73 Å². The highest BCUT2D eigenvalue weighted by Gasteiger charge is 2.32. The van der Waals surface area contributed by atoms with E-state index < -0.39 is 10.0 Å². The van der Waals surface area contributed by atoms with Gasteiger partial charge in [0.05, 0.1) is 11.7 Å². The summed E-state index contributed by atoms with van der Waals surface area (Å²) in [5.74, 6) is 0.396. The van der Waals surface area contributed by atoms with Crippen molar-refractivity contribution in [2.45, 2.75) is 30.7 Å². The normalized spacial score (nSPS) is 19.9. The average Bonchev–Trinajstić information content (AvgIpc) is 2.95. The summed E-state index contributed by atoms with van der Waals surface area (Å²) in [5, 5.41) is 0. The van der Waals surface area contributed by atoms with Crippen LogP contribution in [0.3, 0.4) is 0 Å². The third-order valence-corrected chi connectivity index (χ3v) is 6.58. The lowest BCUT2D eigenvalue weighted by Gasteiger charge is -2.32. The number of piperidine rings is 1. The molecule has 3 rings (SSSR count). The fraction of sp³-hybridized carbons (Fsp3) is 0.538. The minimum Gasteiger partial charge on any atom is -0.328 e. The molecular weight excluding hydrogens is 308 g/mol. The second kappa shape index (κ2) is 5.60. The number of aromatic nitrogens is 2. The molecule has 0 spiro atoms. The minimum atomic E-state index is -3.51. The smallest absolute Gasteiger partial charge is 0.245 e. The minimum absolute atomic E-state index is 0.112. The molecule has 0 aliphatic carbocycles. The fourth-order valence-corrected chi connectivity index (χ4v) is 4.99. The summed E-state index contributed by atoms with van der Waals surface area (Å²) in [5.41, 5.74) is 7.01. The van der Waals surface area contributed by atoms with Crippen LogP contribution in [-0.4, -0.2) is 40.6 Å². The van der Waals surface area contributed by atoms with E-state index in [9.17, 15) is 8.42 Å². The molecule has 2 heterocycles. The molecule has 1 aromatic carbocycles. The molecule has 21 heavy (non-hydrogen) atoms. The summed E-state index contributed by atoms with van der Waals surface area (Å²) in [6.07, 6.45) is 1.62. The van der Waals surface area contributed by atoms with Crippen molar-refractivity contribution in [3.63, 3.8) is 0 Å². The molecule has 2 aromatic rings. The Morgan fingerprint density at radius 2 is 2.05 bits per heavy atom. The topological polar surface area (TPSA) is 89.2 Å². The molecule has 1 aliphatic heterocycles. The Kier molecular flexibility index (Phi) is 3.96. The third-order valence-electron chi connectivity index (χ3n) is 4.11. The Balaban J connectivity index is 1.90. The molecule has 6 nitrogen and oxygen atoms in total. The van der Waals surface area contributed by atoms with Gasteiger partial charge in [-0.15, -0.1) is 0 Å². The first-order valence-electron chi connectivity index (χ1n) is 6.97.